The van der Waals surface area contributed by atoms with E-state index in [9.17, 15) is 9.90 Å². The Morgan fingerprint density at radius 3 is 2.87 bits per heavy atom. The van der Waals surface area contributed by atoms with Crippen LogP contribution in [0.5, 0.6) is 0 Å². The van der Waals surface area contributed by atoms with E-state index in [1.807, 2.05) is 35.2 Å². The van der Waals surface area contributed by atoms with Crippen molar-refractivity contribution in [1.82, 2.24) is 9.88 Å². The number of rotatable bonds is 4. The Bertz CT molecular complexity index is 708. The predicted octanol–water partition coefficient (Wildman–Crippen LogP) is 3.25. The number of aromatic nitrogens is 1. The monoisotopic (exact) mass is 312 g/mol. The van der Waals surface area contributed by atoms with Crippen molar-refractivity contribution >= 4 is 16.7 Å². The van der Waals surface area contributed by atoms with Gasteiger partial charge in [0.1, 0.15) is 5.69 Å². The van der Waals surface area contributed by atoms with Crippen LogP contribution in [0.25, 0.3) is 10.8 Å². The van der Waals surface area contributed by atoms with Crippen molar-refractivity contribution in [3.05, 3.63) is 42.2 Å². The molecule has 1 fully saturated rings. The normalized spacial score (nSPS) is 21.3. The number of hydrogen-bond donors (Lipinski definition) is 1. The molecule has 3 rings (SSSR count). The van der Waals surface area contributed by atoms with E-state index in [0.717, 1.165) is 30.0 Å². The standard InChI is InChI=1S/C19H24N2O2/c1-14(2)12-19(13-22)9-5-11-21(19)18(23)17-16-7-4-3-6-15(16)8-10-20-17/h3-4,6-8,10,14,22H,5,9,11-13H2,1-2H3. The molecule has 1 aliphatic heterocycles. The molecule has 1 unspecified atom stereocenters. The average Bonchev–Trinajstić information content (AvgIpc) is 2.97. The van der Waals surface area contributed by atoms with Crippen LogP contribution in [-0.2, 0) is 0 Å². The molecule has 122 valence electrons. The van der Waals surface area contributed by atoms with Crippen LogP contribution < -0.4 is 0 Å². The molecular weight excluding hydrogens is 288 g/mol. The van der Waals surface area contributed by atoms with Crippen LogP contribution in [0.1, 0.15) is 43.6 Å². The van der Waals surface area contributed by atoms with Crippen molar-refractivity contribution in [2.75, 3.05) is 13.2 Å². The molecule has 4 nitrogen and oxygen atoms in total. The van der Waals surface area contributed by atoms with Crippen LogP contribution in [0.3, 0.4) is 0 Å². The first-order valence-corrected chi connectivity index (χ1v) is 8.34. The third kappa shape index (κ3) is 2.83. The predicted molar refractivity (Wildman–Crippen MR) is 91.3 cm³/mol. The lowest BCUT2D eigenvalue weighted by Gasteiger charge is -2.38. The van der Waals surface area contributed by atoms with E-state index in [1.54, 1.807) is 6.20 Å². The number of nitrogens with zero attached hydrogens (tertiary/aromatic N) is 2. The lowest BCUT2D eigenvalue weighted by atomic mass is 9.87. The van der Waals surface area contributed by atoms with Crippen molar-refractivity contribution in [3.63, 3.8) is 0 Å². The van der Waals surface area contributed by atoms with Crippen molar-refractivity contribution in [1.29, 1.82) is 0 Å². The number of fused-ring (bicyclic) bond motifs is 1. The zero-order chi connectivity index (χ0) is 16.4. The van der Waals surface area contributed by atoms with E-state index in [0.29, 0.717) is 18.2 Å². The molecule has 2 heterocycles. The summed E-state index contributed by atoms with van der Waals surface area (Å²) in [5.74, 6) is 0.366. The van der Waals surface area contributed by atoms with Gasteiger partial charge in [-0.3, -0.25) is 9.78 Å². The fourth-order valence-corrected chi connectivity index (χ4v) is 3.87. The number of benzene rings is 1. The minimum absolute atomic E-state index is 0.0156. The molecular formula is C19H24N2O2. The maximum absolute atomic E-state index is 13.2. The maximum atomic E-state index is 13.2. The summed E-state index contributed by atoms with van der Waals surface area (Å²) in [4.78, 5) is 19.4. The number of likely N-dealkylation sites (tertiary alicyclic amines) is 1. The highest BCUT2D eigenvalue weighted by Crippen LogP contribution is 2.36. The van der Waals surface area contributed by atoms with Crippen molar-refractivity contribution < 1.29 is 9.90 Å². The smallest absolute Gasteiger partial charge is 0.273 e. The zero-order valence-electron chi connectivity index (χ0n) is 13.8. The Morgan fingerprint density at radius 1 is 1.35 bits per heavy atom. The van der Waals surface area contributed by atoms with Crippen LogP contribution in [0.4, 0.5) is 0 Å². The summed E-state index contributed by atoms with van der Waals surface area (Å²) in [5, 5.41) is 11.9. The van der Waals surface area contributed by atoms with Gasteiger partial charge in [-0.25, -0.2) is 0 Å². The summed E-state index contributed by atoms with van der Waals surface area (Å²) in [6, 6.07) is 9.74. The van der Waals surface area contributed by atoms with E-state index in [1.165, 1.54) is 0 Å². The summed E-state index contributed by atoms with van der Waals surface area (Å²) in [7, 11) is 0. The Labute approximate surface area is 137 Å². The fourth-order valence-electron chi connectivity index (χ4n) is 3.87. The first-order valence-electron chi connectivity index (χ1n) is 8.34. The molecule has 4 heteroatoms. The molecule has 0 aliphatic carbocycles. The van der Waals surface area contributed by atoms with E-state index in [2.05, 4.69) is 18.8 Å². The number of hydrogen-bond acceptors (Lipinski definition) is 3. The molecule has 1 aromatic carbocycles. The van der Waals surface area contributed by atoms with Crippen molar-refractivity contribution in [2.45, 2.75) is 38.6 Å². The molecule has 1 N–H and O–H groups in total. The number of carbonyl (C=O) groups is 1. The lowest BCUT2D eigenvalue weighted by Crippen LogP contribution is -2.51. The molecule has 0 saturated carbocycles. The third-order valence-electron chi connectivity index (χ3n) is 4.80. The summed E-state index contributed by atoms with van der Waals surface area (Å²) < 4.78 is 0. The van der Waals surface area contributed by atoms with Gasteiger partial charge < -0.3 is 10.0 Å². The van der Waals surface area contributed by atoms with E-state index >= 15 is 0 Å². The van der Waals surface area contributed by atoms with Crippen LogP contribution in [0.15, 0.2) is 36.5 Å². The van der Waals surface area contributed by atoms with Gasteiger partial charge in [0.05, 0.1) is 12.1 Å². The molecule has 1 amide bonds. The molecule has 0 spiro atoms. The second-order valence-electron chi connectivity index (χ2n) is 6.92. The van der Waals surface area contributed by atoms with Gasteiger partial charge in [0, 0.05) is 18.1 Å². The largest absolute Gasteiger partial charge is 0.394 e. The maximum Gasteiger partial charge on any atom is 0.273 e. The van der Waals surface area contributed by atoms with Crippen LogP contribution in [0.2, 0.25) is 0 Å². The highest BCUT2D eigenvalue weighted by molar-refractivity contribution is 6.05. The van der Waals surface area contributed by atoms with E-state index in [-0.39, 0.29) is 12.5 Å². The Kier molecular flexibility index (Phi) is 4.35. The highest BCUT2D eigenvalue weighted by atomic mass is 16.3. The molecule has 1 saturated heterocycles. The van der Waals surface area contributed by atoms with Crippen LogP contribution >= 0.6 is 0 Å². The van der Waals surface area contributed by atoms with Crippen molar-refractivity contribution in [3.8, 4) is 0 Å². The number of aliphatic hydroxyl groups excluding tert-OH is 1. The lowest BCUT2D eigenvalue weighted by molar-refractivity contribution is 0.0329. The van der Waals surface area contributed by atoms with E-state index in [4.69, 9.17) is 0 Å². The molecule has 23 heavy (non-hydrogen) atoms. The first-order chi connectivity index (χ1) is 11.1. The summed E-state index contributed by atoms with van der Waals surface area (Å²) in [6.07, 6.45) is 4.30. The van der Waals surface area contributed by atoms with Gasteiger partial charge in [0.25, 0.3) is 5.91 Å². The summed E-state index contributed by atoms with van der Waals surface area (Å²) >= 11 is 0. The fraction of sp³-hybridized carbons (Fsp3) is 0.474. The summed E-state index contributed by atoms with van der Waals surface area (Å²) in [6.45, 7) is 4.97. The second kappa shape index (κ2) is 6.28. The number of aliphatic hydroxyl groups is 1. The molecule has 0 radical (unpaired) electrons. The van der Waals surface area contributed by atoms with Gasteiger partial charge in [0.15, 0.2) is 0 Å². The summed E-state index contributed by atoms with van der Waals surface area (Å²) in [5.41, 5.74) is 0.0516. The zero-order valence-corrected chi connectivity index (χ0v) is 13.8. The van der Waals surface area contributed by atoms with Gasteiger partial charge in [0.2, 0.25) is 0 Å². The number of amides is 1. The number of pyridine rings is 1. The average molecular weight is 312 g/mol. The molecule has 0 bridgehead atoms. The molecule has 1 atom stereocenters. The molecule has 1 aliphatic rings. The Balaban J connectivity index is 2.01. The number of carbonyl (C=O) groups excluding carboxylic acids is 1. The quantitative estimate of drug-likeness (QED) is 0.943. The first kappa shape index (κ1) is 15.9. The highest BCUT2D eigenvalue weighted by Gasteiger charge is 2.44. The Morgan fingerprint density at radius 2 is 2.13 bits per heavy atom. The van der Waals surface area contributed by atoms with Gasteiger partial charge >= 0.3 is 0 Å². The minimum atomic E-state index is -0.441. The van der Waals surface area contributed by atoms with E-state index < -0.39 is 5.54 Å². The molecule has 2 aromatic rings. The van der Waals surface area contributed by atoms with Gasteiger partial charge in [-0.1, -0.05) is 38.1 Å². The molecule has 1 aromatic heterocycles. The van der Waals surface area contributed by atoms with Gasteiger partial charge in [-0.2, -0.15) is 0 Å². The van der Waals surface area contributed by atoms with Gasteiger partial charge in [-0.05, 0) is 36.6 Å². The van der Waals surface area contributed by atoms with Crippen LogP contribution in [0, 0.1) is 5.92 Å². The topological polar surface area (TPSA) is 53.4 Å². The van der Waals surface area contributed by atoms with Crippen LogP contribution in [-0.4, -0.2) is 39.6 Å². The van der Waals surface area contributed by atoms with Gasteiger partial charge in [-0.15, -0.1) is 0 Å². The SMILES string of the molecule is CC(C)CC1(CO)CCCN1C(=O)c1nccc2ccccc12. The third-order valence-corrected chi connectivity index (χ3v) is 4.80. The minimum Gasteiger partial charge on any atom is -0.394 e. The second-order valence-corrected chi connectivity index (χ2v) is 6.92. The van der Waals surface area contributed by atoms with Crippen molar-refractivity contribution in [2.24, 2.45) is 5.92 Å². The Hall–Kier alpha value is -1.94.